The van der Waals surface area contributed by atoms with E-state index in [1.54, 1.807) is 6.21 Å². The first kappa shape index (κ1) is 18.1. The Hall–Kier alpha value is -3.32. The van der Waals surface area contributed by atoms with Crippen LogP contribution in [0.5, 0.6) is 0 Å². The Kier molecular flexibility index (Phi) is 4.75. The lowest BCUT2D eigenvalue weighted by Gasteiger charge is -2.01. The van der Waals surface area contributed by atoms with Gasteiger partial charge in [0.1, 0.15) is 10.7 Å². The summed E-state index contributed by atoms with van der Waals surface area (Å²) in [6, 6.07) is 14.0. The number of rotatable bonds is 4. The lowest BCUT2D eigenvalue weighted by atomic mass is 10.1. The average Bonchev–Trinajstić information content (AvgIpc) is 2.95. The Balaban J connectivity index is 1.46. The molecule has 4 aromatic rings. The van der Waals surface area contributed by atoms with Crippen molar-refractivity contribution in [3.05, 3.63) is 74.6 Å². The number of aromatic amines is 1. The summed E-state index contributed by atoms with van der Waals surface area (Å²) in [7, 11) is 0. The van der Waals surface area contributed by atoms with E-state index in [1.807, 2.05) is 56.3 Å². The lowest BCUT2D eigenvalue weighted by molar-refractivity contribution is -0.120. The highest BCUT2D eigenvalue weighted by Gasteiger charge is 2.13. The molecular formula is C21H18N4O2S. The molecule has 0 radical (unpaired) electrons. The summed E-state index contributed by atoms with van der Waals surface area (Å²) in [5.74, 6) is -0.0123. The van der Waals surface area contributed by atoms with Crippen molar-refractivity contribution in [2.45, 2.75) is 20.3 Å². The second-order valence-corrected chi connectivity index (χ2v) is 7.76. The average molecular weight is 390 g/mol. The van der Waals surface area contributed by atoms with E-state index in [0.29, 0.717) is 16.0 Å². The largest absolute Gasteiger partial charge is 0.309 e. The zero-order chi connectivity index (χ0) is 19.7. The molecule has 2 N–H and O–H groups in total. The first-order chi connectivity index (χ1) is 13.5. The molecule has 0 unspecified atom stereocenters. The van der Waals surface area contributed by atoms with Gasteiger partial charge in [-0.1, -0.05) is 36.4 Å². The van der Waals surface area contributed by atoms with Crippen LogP contribution in [0.4, 0.5) is 0 Å². The number of hydrogen-bond acceptors (Lipinski definition) is 5. The lowest BCUT2D eigenvalue weighted by Crippen LogP contribution is -2.23. The molecular weight excluding hydrogens is 372 g/mol. The molecule has 0 atom stereocenters. The molecule has 2 heterocycles. The minimum Gasteiger partial charge on any atom is -0.309 e. The fraction of sp³-hybridized carbons (Fsp3) is 0.143. The topological polar surface area (TPSA) is 87.2 Å². The highest BCUT2D eigenvalue weighted by Crippen LogP contribution is 2.25. The number of hydrazone groups is 1. The maximum absolute atomic E-state index is 12.3. The quantitative estimate of drug-likeness (QED) is 0.413. The van der Waals surface area contributed by atoms with Gasteiger partial charge in [0.2, 0.25) is 5.91 Å². The molecule has 0 aliphatic carbocycles. The molecule has 2 aromatic carbocycles. The molecule has 0 saturated heterocycles. The molecule has 0 aliphatic rings. The van der Waals surface area contributed by atoms with E-state index in [4.69, 9.17) is 0 Å². The van der Waals surface area contributed by atoms with Crippen LogP contribution in [0.3, 0.4) is 0 Å². The zero-order valence-electron chi connectivity index (χ0n) is 15.4. The van der Waals surface area contributed by atoms with Crippen molar-refractivity contribution < 1.29 is 4.79 Å². The summed E-state index contributed by atoms with van der Waals surface area (Å²) >= 11 is 1.46. The number of carbonyl (C=O) groups is 1. The van der Waals surface area contributed by atoms with Crippen LogP contribution in [0.25, 0.3) is 21.0 Å². The summed E-state index contributed by atoms with van der Waals surface area (Å²) in [5, 5.41) is 6.86. The number of thiophene rings is 1. The molecule has 6 nitrogen and oxygen atoms in total. The zero-order valence-corrected chi connectivity index (χ0v) is 16.3. The van der Waals surface area contributed by atoms with Crippen LogP contribution in [-0.2, 0) is 11.2 Å². The van der Waals surface area contributed by atoms with E-state index >= 15 is 0 Å². The van der Waals surface area contributed by atoms with Crippen molar-refractivity contribution in [3.63, 3.8) is 0 Å². The fourth-order valence-corrected chi connectivity index (χ4v) is 4.09. The van der Waals surface area contributed by atoms with E-state index in [9.17, 15) is 9.59 Å². The SMILES string of the molecule is Cc1sc2nc(CC(=O)N/N=C/c3ccc4ccccc4c3)[nH]c(=O)c2c1C. The number of carbonyl (C=O) groups excluding carboxylic acids is 1. The van der Waals surface area contributed by atoms with Gasteiger partial charge in [0.25, 0.3) is 5.56 Å². The summed E-state index contributed by atoms with van der Waals surface area (Å²) in [6.45, 7) is 3.86. The van der Waals surface area contributed by atoms with Crippen LogP contribution in [0, 0.1) is 13.8 Å². The van der Waals surface area contributed by atoms with Crippen LogP contribution in [0.2, 0.25) is 0 Å². The second kappa shape index (κ2) is 7.36. The number of aryl methyl sites for hydroxylation is 2. The van der Waals surface area contributed by atoms with Crippen molar-refractivity contribution in [2.24, 2.45) is 5.10 Å². The predicted octanol–water partition coefficient (Wildman–Crippen LogP) is 3.45. The monoisotopic (exact) mass is 390 g/mol. The standard InChI is InChI=1S/C21H18N4O2S/c1-12-13(2)28-21-19(12)20(27)23-17(24-21)10-18(26)25-22-11-14-7-8-15-5-3-4-6-16(15)9-14/h3-9,11H,10H2,1-2H3,(H,25,26)(H,23,24,27)/b22-11+. The molecule has 1 amide bonds. The van der Waals surface area contributed by atoms with Crippen LogP contribution >= 0.6 is 11.3 Å². The van der Waals surface area contributed by atoms with Gasteiger partial charge in [-0.05, 0) is 41.8 Å². The van der Waals surface area contributed by atoms with E-state index in [1.165, 1.54) is 11.3 Å². The summed E-state index contributed by atoms with van der Waals surface area (Å²) in [5.41, 5.74) is 4.09. The van der Waals surface area contributed by atoms with Gasteiger partial charge < -0.3 is 4.98 Å². The van der Waals surface area contributed by atoms with E-state index < -0.39 is 0 Å². The Morgan fingerprint density at radius 1 is 1.21 bits per heavy atom. The van der Waals surface area contributed by atoms with Crippen molar-refractivity contribution in [3.8, 4) is 0 Å². The number of amides is 1. The third-order valence-corrected chi connectivity index (χ3v) is 5.69. The summed E-state index contributed by atoms with van der Waals surface area (Å²) in [6.07, 6.45) is 1.55. The third-order valence-electron chi connectivity index (χ3n) is 4.59. The third kappa shape index (κ3) is 3.57. The van der Waals surface area contributed by atoms with Gasteiger partial charge in [-0.15, -0.1) is 11.3 Å². The summed E-state index contributed by atoms with van der Waals surface area (Å²) < 4.78 is 0. The van der Waals surface area contributed by atoms with Gasteiger partial charge in [0.05, 0.1) is 18.0 Å². The van der Waals surface area contributed by atoms with E-state index in [-0.39, 0.29) is 17.9 Å². The highest BCUT2D eigenvalue weighted by atomic mass is 32.1. The number of benzene rings is 2. The molecule has 0 spiro atoms. The molecule has 0 bridgehead atoms. The number of H-pyrrole nitrogens is 1. The summed E-state index contributed by atoms with van der Waals surface area (Å²) in [4.78, 5) is 33.2. The van der Waals surface area contributed by atoms with E-state index in [0.717, 1.165) is 26.8 Å². The Bertz CT molecular complexity index is 1290. The number of nitrogens with zero attached hydrogens (tertiary/aromatic N) is 2. The smallest absolute Gasteiger partial charge is 0.259 e. The first-order valence-electron chi connectivity index (χ1n) is 8.81. The highest BCUT2D eigenvalue weighted by molar-refractivity contribution is 7.18. The number of aromatic nitrogens is 2. The van der Waals surface area contributed by atoms with Gasteiger partial charge in [0, 0.05) is 4.88 Å². The molecule has 7 heteroatoms. The van der Waals surface area contributed by atoms with Gasteiger partial charge in [-0.25, -0.2) is 10.4 Å². The maximum atomic E-state index is 12.3. The molecule has 140 valence electrons. The Morgan fingerprint density at radius 3 is 2.82 bits per heavy atom. The normalized spacial score (nSPS) is 11.5. The van der Waals surface area contributed by atoms with Crippen molar-refractivity contribution >= 4 is 44.4 Å². The van der Waals surface area contributed by atoms with Crippen LogP contribution < -0.4 is 11.0 Å². The molecule has 0 fully saturated rings. The minimum atomic E-state index is -0.343. The predicted molar refractivity (Wildman–Crippen MR) is 113 cm³/mol. The molecule has 2 aromatic heterocycles. The van der Waals surface area contributed by atoms with Gasteiger partial charge in [0.15, 0.2) is 0 Å². The first-order valence-corrected chi connectivity index (χ1v) is 9.62. The van der Waals surface area contributed by atoms with Crippen LogP contribution in [-0.4, -0.2) is 22.1 Å². The van der Waals surface area contributed by atoms with Crippen LogP contribution in [0.1, 0.15) is 21.8 Å². The molecule has 0 aliphatic heterocycles. The Morgan fingerprint density at radius 2 is 2.00 bits per heavy atom. The van der Waals surface area contributed by atoms with Crippen molar-refractivity contribution in [1.82, 2.24) is 15.4 Å². The number of fused-ring (bicyclic) bond motifs is 2. The maximum Gasteiger partial charge on any atom is 0.259 e. The van der Waals surface area contributed by atoms with Gasteiger partial charge in [-0.2, -0.15) is 5.10 Å². The van der Waals surface area contributed by atoms with Gasteiger partial charge in [-0.3, -0.25) is 9.59 Å². The second-order valence-electron chi connectivity index (χ2n) is 6.55. The Labute approximate surface area is 164 Å². The number of nitrogens with one attached hydrogen (secondary N) is 2. The van der Waals surface area contributed by atoms with Crippen molar-refractivity contribution in [2.75, 3.05) is 0 Å². The van der Waals surface area contributed by atoms with Crippen LogP contribution in [0.15, 0.2) is 52.4 Å². The van der Waals surface area contributed by atoms with E-state index in [2.05, 4.69) is 20.5 Å². The number of hydrogen-bond donors (Lipinski definition) is 2. The minimum absolute atomic E-state index is 0.0454. The molecule has 4 rings (SSSR count). The fourth-order valence-electron chi connectivity index (χ4n) is 3.04. The molecule has 0 saturated carbocycles. The molecule has 28 heavy (non-hydrogen) atoms. The van der Waals surface area contributed by atoms with Crippen molar-refractivity contribution in [1.29, 1.82) is 0 Å². The van der Waals surface area contributed by atoms with Gasteiger partial charge >= 0.3 is 0 Å².